The van der Waals surface area contributed by atoms with Gasteiger partial charge in [-0.05, 0) is 24.6 Å². The number of nitrogens with one attached hydrogen (secondary N) is 2. The van der Waals surface area contributed by atoms with Crippen molar-refractivity contribution in [1.82, 2.24) is 10.6 Å². The molecule has 0 aliphatic rings. The molecule has 0 radical (unpaired) electrons. The molecular weight excluding hydrogens is 457 g/mol. The summed E-state index contributed by atoms with van der Waals surface area (Å²) >= 11 is 3.53. The second kappa shape index (κ2) is 11.2. The lowest BCUT2D eigenvalue weighted by molar-refractivity contribution is 0.203. The summed E-state index contributed by atoms with van der Waals surface area (Å²) in [6.07, 6.45) is 0. The molecule has 0 atom stereocenters. The van der Waals surface area contributed by atoms with Gasteiger partial charge in [-0.1, -0.05) is 41.9 Å². The quantitative estimate of drug-likeness (QED) is 0.270. The molecule has 1 aromatic carbocycles. The van der Waals surface area contributed by atoms with Gasteiger partial charge in [0, 0.05) is 30.1 Å². The zero-order chi connectivity index (χ0) is 15.7. The second-order valence-corrected chi connectivity index (χ2v) is 6.42. The second-order valence-electron chi connectivity index (χ2n) is 5.51. The average molecular weight is 484 g/mol. The van der Waals surface area contributed by atoms with Crippen molar-refractivity contribution in [3.05, 3.63) is 34.3 Å². The van der Waals surface area contributed by atoms with E-state index in [-0.39, 0.29) is 29.4 Å². The van der Waals surface area contributed by atoms with Crippen molar-refractivity contribution in [1.29, 1.82) is 0 Å². The van der Waals surface area contributed by atoms with Crippen molar-refractivity contribution in [3.8, 4) is 0 Å². The van der Waals surface area contributed by atoms with E-state index in [1.165, 1.54) is 5.56 Å². The van der Waals surface area contributed by atoms with Gasteiger partial charge in [0.2, 0.25) is 0 Å². The standard InChI is InChI=1S/C16H26BrN3O.HI/c1-5-18-15(19-9-10-21-4)20-12-16(2,3)13-7-6-8-14(17)11-13;/h6-8,11H,5,9-10,12H2,1-4H3,(H2,18,19,20);1H. The third kappa shape index (κ3) is 7.78. The van der Waals surface area contributed by atoms with Gasteiger partial charge in [-0.2, -0.15) is 0 Å². The fourth-order valence-corrected chi connectivity index (χ4v) is 2.29. The Morgan fingerprint density at radius 1 is 1.32 bits per heavy atom. The van der Waals surface area contributed by atoms with E-state index in [1.807, 2.05) is 6.07 Å². The summed E-state index contributed by atoms with van der Waals surface area (Å²) in [7, 11) is 1.70. The van der Waals surface area contributed by atoms with Gasteiger partial charge in [0.25, 0.3) is 0 Å². The van der Waals surface area contributed by atoms with Crippen LogP contribution in [0.2, 0.25) is 0 Å². The number of guanidine groups is 1. The minimum absolute atomic E-state index is 0. The van der Waals surface area contributed by atoms with Gasteiger partial charge in [0.05, 0.1) is 13.2 Å². The Morgan fingerprint density at radius 3 is 2.64 bits per heavy atom. The molecule has 1 aromatic rings. The molecule has 0 saturated carbocycles. The van der Waals surface area contributed by atoms with Gasteiger partial charge in [-0.3, -0.25) is 4.99 Å². The van der Waals surface area contributed by atoms with Crippen molar-refractivity contribution < 1.29 is 4.74 Å². The van der Waals surface area contributed by atoms with Gasteiger partial charge in [-0.25, -0.2) is 0 Å². The summed E-state index contributed by atoms with van der Waals surface area (Å²) in [5.74, 6) is 0.831. The highest BCUT2D eigenvalue weighted by Crippen LogP contribution is 2.26. The van der Waals surface area contributed by atoms with Crippen LogP contribution in [0.1, 0.15) is 26.3 Å². The van der Waals surface area contributed by atoms with Crippen LogP contribution in [0.15, 0.2) is 33.7 Å². The van der Waals surface area contributed by atoms with Crippen LogP contribution in [0, 0.1) is 0 Å². The van der Waals surface area contributed by atoms with Crippen molar-refractivity contribution >= 4 is 45.9 Å². The first kappa shape index (κ1) is 21.7. The summed E-state index contributed by atoms with van der Waals surface area (Å²) in [5, 5.41) is 6.51. The number of nitrogens with zero attached hydrogens (tertiary/aromatic N) is 1. The molecule has 22 heavy (non-hydrogen) atoms. The zero-order valence-corrected chi connectivity index (χ0v) is 17.7. The fourth-order valence-electron chi connectivity index (χ4n) is 1.89. The highest BCUT2D eigenvalue weighted by molar-refractivity contribution is 14.0. The molecular formula is C16H27BrIN3O. The molecule has 1 rings (SSSR count). The van der Waals surface area contributed by atoms with E-state index in [4.69, 9.17) is 4.74 Å². The molecule has 0 heterocycles. The fraction of sp³-hybridized carbons (Fsp3) is 0.562. The third-order valence-corrected chi connectivity index (χ3v) is 3.67. The summed E-state index contributed by atoms with van der Waals surface area (Å²) in [5.41, 5.74) is 1.25. The van der Waals surface area contributed by atoms with Crippen molar-refractivity contribution in [2.24, 2.45) is 4.99 Å². The van der Waals surface area contributed by atoms with Crippen LogP contribution in [0.25, 0.3) is 0 Å². The van der Waals surface area contributed by atoms with E-state index in [0.717, 1.165) is 23.5 Å². The van der Waals surface area contributed by atoms with Gasteiger partial charge >= 0.3 is 0 Å². The number of rotatable bonds is 7. The number of hydrogen-bond donors (Lipinski definition) is 2. The average Bonchev–Trinajstić information content (AvgIpc) is 2.45. The zero-order valence-electron chi connectivity index (χ0n) is 13.8. The van der Waals surface area contributed by atoms with Crippen LogP contribution in [0.4, 0.5) is 0 Å². The molecule has 6 heteroatoms. The highest BCUT2D eigenvalue weighted by atomic mass is 127. The first-order valence-corrected chi connectivity index (χ1v) is 8.06. The molecule has 0 aliphatic carbocycles. The summed E-state index contributed by atoms with van der Waals surface area (Å²) in [6.45, 7) is 9.45. The monoisotopic (exact) mass is 483 g/mol. The van der Waals surface area contributed by atoms with Gasteiger partial charge in [0.1, 0.15) is 0 Å². The Labute approximate surface area is 159 Å². The first-order valence-electron chi connectivity index (χ1n) is 7.26. The molecule has 0 fully saturated rings. The van der Waals surface area contributed by atoms with Crippen LogP contribution in [-0.4, -0.2) is 39.3 Å². The van der Waals surface area contributed by atoms with Crippen LogP contribution in [0.5, 0.6) is 0 Å². The maximum Gasteiger partial charge on any atom is 0.191 e. The van der Waals surface area contributed by atoms with Gasteiger partial charge in [0.15, 0.2) is 5.96 Å². The molecule has 0 amide bonds. The number of methoxy groups -OCH3 is 1. The lowest BCUT2D eigenvalue weighted by Crippen LogP contribution is -2.40. The minimum Gasteiger partial charge on any atom is -0.383 e. The highest BCUT2D eigenvalue weighted by Gasteiger charge is 2.20. The first-order chi connectivity index (χ1) is 9.99. The number of hydrogen-bond acceptors (Lipinski definition) is 2. The number of halogens is 2. The molecule has 0 unspecified atom stereocenters. The van der Waals surface area contributed by atoms with Crippen LogP contribution >= 0.6 is 39.9 Å². The van der Waals surface area contributed by atoms with E-state index < -0.39 is 0 Å². The van der Waals surface area contributed by atoms with Crippen molar-refractivity contribution in [3.63, 3.8) is 0 Å². The van der Waals surface area contributed by atoms with E-state index in [9.17, 15) is 0 Å². The Hall–Kier alpha value is -0.340. The molecule has 0 bridgehead atoms. The largest absolute Gasteiger partial charge is 0.383 e. The van der Waals surface area contributed by atoms with Gasteiger partial charge in [-0.15, -0.1) is 24.0 Å². The lowest BCUT2D eigenvalue weighted by atomic mass is 9.85. The topological polar surface area (TPSA) is 45.7 Å². The lowest BCUT2D eigenvalue weighted by Gasteiger charge is -2.24. The van der Waals surface area contributed by atoms with Crippen LogP contribution < -0.4 is 10.6 Å². The minimum atomic E-state index is -0.0204. The molecule has 2 N–H and O–H groups in total. The maximum atomic E-state index is 5.05. The molecule has 0 spiro atoms. The molecule has 0 saturated heterocycles. The predicted octanol–water partition coefficient (Wildman–Crippen LogP) is 3.55. The third-order valence-electron chi connectivity index (χ3n) is 3.18. The Bertz CT molecular complexity index is 466. The van der Waals surface area contributed by atoms with Crippen molar-refractivity contribution in [2.45, 2.75) is 26.2 Å². The SMILES string of the molecule is CCNC(=NCC(C)(C)c1cccc(Br)c1)NCCOC.I. The number of ether oxygens (including phenoxy) is 1. The maximum absolute atomic E-state index is 5.05. The van der Waals surface area contributed by atoms with E-state index in [0.29, 0.717) is 13.2 Å². The smallest absolute Gasteiger partial charge is 0.191 e. The summed E-state index contributed by atoms with van der Waals surface area (Å²) in [4.78, 5) is 4.69. The van der Waals surface area contributed by atoms with Gasteiger partial charge < -0.3 is 15.4 Å². The molecule has 126 valence electrons. The van der Waals surface area contributed by atoms with Crippen LogP contribution in [0.3, 0.4) is 0 Å². The Kier molecular flexibility index (Phi) is 11.1. The van der Waals surface area contributed by atoms with Crippen molar-refractivity contribution in [2.75, 3.05) is 33.4 Å². The molecule has 0 aromatic heterocycles. The van der Waals surface area contributed by atoms with E-state index >= 15 is 0 Å². The van der Waals surface area contributed by atoms with E-state index in [2.05, 4.69) is 70.5 Å². The molecule has 0 aliphatic heterocycles. The normalized spacial score (nSPS) is 11.8. The Balaban J connectivity index is 0.00000441. The van der Waals surface area contributed by atoms with E-state index in [1.54, 1.807) is 7.11 Å². The Morgan fingerprint density at radius 2 is 2.05 bits per heavy atom. The summed E-state index contributed by atoms with van der Waals surface area (Å²) in [6, 6.07) is 8.40. The predicted molar refractivity (Wildman–Crippen MR) is 108 cm³/mol. The molecule has 4 nitrogen and oxygen atoms in total. The number of benzene rings is 1. The van der Waals surface area contributed by atoms with Crippen LogP contribution in [-0.2, 0) is 10.2 Å². The summed E-state index contributed by atoms with van der Waals surface area (Å²) < 4.78 is 6.15. The number of aliphatic imine (C=N–C) groups is 1.